The van der Waals surface area contributed by atoms with Crippen molar-refractivity contribution in [3.63, 3.8) is 0 Å². The summed E-state index contributed by atoms with van der Waals surface area (Å²) in [6.45, 7) is 2.02. The third-order valence-corrected chi connectivity index (χ3v) is 3.53. The van der Waals surface area contributed by atoms with Crippen molar-refractivity contribution in [3.8, 4) is 0 Å². The molecule has 0 saturated carbocycles. The largest absolute Gasteiger partial charge is 0.481 e. The maximum Gasteiger partial charge on any atom is 0.322 e. The number of nitrogens with one attached hydrogen (secondary N) is 1. The molecule has 1 aromatic rings. The minimum Gasteiger partial charge on any atom is -0.481 e. The second-order valence-corrected chi connectivity index (χ2v) is 5.46. The summed E-state index contributed by atoms with van der Waals surface area (Å²) in [6.07, 6.45) is 0.429. The van der Waals surface area contributed by atoms with Gasteiger partial charge in [-0.15, -0.1) is 0 Å². The second kappa shape index (κ2) is 6.25. The lowest BCUT2D eigenvalue weighted by Gasteiger charge is -2.34. The van der Waals surface area contributed by atoms with Crippen molar-refractivity contribution in [3.05, 3.63) is 29.6 Å². The highest BCUT2D eigenvalue weighted by molar-refractivity contribution is 5.90. The first-order valence-electron chi connectivity index (χ1n) is 6.71. The molecule has 0 bridgehead atoms. The van der Waals surface area contributed by atoms with E-state index < -0.39 is 41.1 Å². The van der Waals surface area contributed by atoms with E-state index in [0.717, 1.165) is 0 Å². The summed E-state index contributed by atoms with van der Waals surface area (Å²) >= 11 is 0. The molecule has 0 radical (unpaired) electrons. The van der Waals surface area contributed by atoms with Crippen LogP contribution in [-0.4, -0.2) is 35.1 Å². The number of halogens is 3. The molecule has 1 fully saturated rings. The second-order valence-electron chi connectivity index (χ2n) is 5.46. The Bertz CT molecular complexity index is 586. The Morgan fingerprint density at radius 2 is 1.82 bits per heavy atom. The van der Waals surface area contributed by atoms with Gasteiger partial charge in [-0.2, -0.15) is 0 Å². The van der Waals surface area contributed by atoms with Gasteiger partial charge in [0.1, 0.15) is 11.5 Å². The van der Waals surface area contributed by atoms with Gasteiger partial charge in [0, 0.05) is 25.2 Å². The number of amides is 2. The zero-order valence-electron chi connectivity index (χ0n) is 11.8. The number of rotatable bonds is 2. The first-order valence-corrected chi connectivity index (χ1v) is 6.71. The van der Waals surface area contributed by atoms with Gasteiger partial charge in [-0.1, -0.05) is 6.92 Å². The lowest BCUT2D eigenvalue weighted by Crippen LogP contribution is -2.47. The predicted octanol–water partition coefficient (Wildman–Crippen LogP) is 2.68. The minimum absolute atomic E-state index is 0.0457. The van der Waals surface area contributed by atoms with Crippen LogP contribution in [0.25, 0.3) is 0 Å². The number of benzene rings is 1. The van der Waals surface area contributed by atoms with Gasteiger partial charge in [-0.25, -0.2) is 18.0 Å². The number of likely N-dealkylation sites (tertiary alicyclic amines) is 1. The molecule has 1 saturated heterocycles. The molecule has 1 aliphatic heterocycles. The average molecular weight is 316 g/mol. The van der Waals surface area contributed by atoms with Crippen molar-refractivity contribution in [2.45, 2.75) is 13.3 Å². The molecular weight excluding hydrogens is 301 g/mol. The van der Waals surface area contributed by atoms with Crippen LogP contribution < -0.4 is 5.32 Å². The Morgan fingerprint density at radius 1 is 1.23 bits per heavy atom. The van der Waals surface area contributed by atoms with Gasteiger partial charge in [0.25, 0.3) is 0 Å². The topological polar surface area (TPSA) is 69.6 Å². The summed E-state index contributed by atoms with van der Waals surface area (Å²) in [4.78, 5) is 24.3. The summed E-state index contributed by atoms with van der Waals surface area (Å²) in [5.41, 5.74) is -0.753. The van der Waals surface area contributed by atoms with Crippen LogP contribution in [-0.2, 0) is 4.79 Å². The highest BCUT2D eigenvalue weighted by Gasteiger charge is 2.32. The number of carboxylic acids is 1. The molecule has 5 nitrogen and oxygen atoms in total. The van der Waals surface area contributed by atoms with Gasteiger partial charge < -0.3 is 15.3 Å². The molecule has 8 heteroatoms. The first-order chi connectivity index (χ1) is 10.3. The molecule has 2 unspecified atom stereocenters. The molecule has 0 aliphatic carbocycles. The van der Waals surface area contributed by atoms with Crippen molar-refractivity contribution in [2.24, 2.45) is 11.8 Å². The van der Waals surface area contributed by atoms with E-state index in [1.54, 1.807) is 6.92 Å². The SMILES string of the molecule is CC1CC(C(=O)O)CN(C(=O)Nc2c(F)cc(F)cc2F)C1. The van der Waals surface area contributed by atoms with Crippen LogP contribution in [0, 0.1) is 29.3 Å². The standard InChI is InChI=1S/C14H15F3N2O3/c1-7-2-8(13(20)21)6-19(5-7)14(22)18-12-10(16)3-9(15)4-11(12)17/h3-4,7-8H,2,5-6H2,1H3,(H,18,22)(H,20,21). The van der Waals surface area contributed by atoms with Crippen molar-refractivity contribution in [1.82, 2.24) is 4.90 Å². The molecular formula is C14H15F3N2O3. The summed E-state index contributed by atoms with van der Waals surface area (Å²) in [6, 6.07) is 0.0945. The summed E-state index contributed by atoms with van der Waals surface area (Å²) in [5.74, 6) is -5.36. The number of nitrogens with zero attached hydrogens (tertiary/aromatic N) is 1. The average Bonchev–Trinajstić information content (AvgIpc) is 2.41. The Labute approximate surface area is 124 Å². The molecule has 2 amide bonds. The smallest absolute Gasteiger partial charge is 0.322 e. The number of carboxylic acid groups (broad SMARTS) is 1. The molecule has 2 rings (SSSR count). The molecule has 2 atom stereocenters. The normalized spacial score (nSPS) is 21.5. The van der Waals surface area contributed by atoms with Gasteiger partial charge >= 0.3 is 12.0 Å². The van der Waals surface area contributed by atoms with Gasteiger partial charge in [0.05, 0.1) is 5.92 Å². The molecule has 0 aromatic heterocycles. The summed E-state index contributed by atoms with van der Waals surface area (Å²) in [7, 11) is 0. The van der Waals surface area contributed by atoms with Gasteiger partial charge in [-0.3, -0.25) is 4.79 Å². The number of hydrogen-bond acceptors (Lipinski definition) is 2. The third kappa shape index (κ3) is 3.49. The van der Waals surface area contributed by atoms with Crippen molar-refractivity contribution < 1.29 is 27.9 Å². The van der Waals surface area contributed by atoms with E-state index in [1.807, 2.05) is 5.32 Å². The Balaban J connectivity index is 2.13. The maximum absolute atomic E-state index is 13.5. The van der Waals surface area contributed by atoms with Crippen LogP contribution >= 0.6 is 0 Å². The zero-order valence-corrected chi connectivity index (χ0v) is 11.8. The molecule has 120 valence electrons. The monoisotopic (exact) mass is 316 g/mol. The fourth-order valence-corrected chi connectivity index (χ4v) is 2.54. The summed E-state index contributed by atoms with van der Waals surface area (Å²) in [5, 5.41) is 11.1. The molecule has 1 heterocycles. The van der Waals surface area contributed by atoms with Crippen LogP contribution in [0.4, 0.5) is 23.7 Å². The van der Waals surface area contributed by atoms with Gasteiger partial charge in [0.15, 0.2) is 11.6 Å². The number of aliphatic carboxylic acids is 1. The zero-order chi connectivity index (χ0) is 16.4. The Hall–Kier alpha value is -2.25. The fourth-order valence-electron chi connectivity index (χ4n) is 2.54. The van der Waals surface area contributed by atoms with E-state index in [1.165, 1.54) is 4.90 Å². The molecule has 1 aliphatic rings. The van der Waals surface area contributed by atoms with E-state index >= 15 is 0 Å². The quantitative estimate of drug-likeness (QED) is 0.881. The molecule has 1 aromatic carbocycles. The van der Waals surface area contributed by atoms with Crippen LogP contribution in [0.1, 0.15) is 13.3 Å². The number of carbonyl (C=O) groups excluding carboxylic acids is 1. The van der Waals surface area contributed by atoms with Gasteiger partial charge in [-0.05, 0) is 12.3 Å². The predicted molar refractivity (Wildman–Crippen MR) is 71.8 cm³/mol. The number of anilines is 1. The van der Waals surface area contributed by atoms with E-state index in [-0.39, 0.29) is 19.0 Å². The maximum atomic E-state index is 13.5. The third-order valence-electron chi connectivity index (χ3n) is 3.53. The van der Waals surface area contributed by atoms with E-state index in [2.05, 4.69) is 0 Å². The first kappa shape index (κ1) is 16.1. The van der Waals surface area contributed by atoms with E-state index in [4.69, 9.17) is 5.11 Å². The fraction of sp³-hybridized carbons (Fsp3) is 0.429. The van der Waals surface area contributed by atoms with Crippen molar-refractivity contribution >= 4 is 17.7 Å². The van der Waals surface area contributed by atoms with Gasteiger partial charge in [0.2, 0.25) is 0 Å². The van der Waals surface area contributed by atoms with Crippen LogP contribution in [0.15, 0.2) is 12.1 Å². The Kier molecular flexibility index (Phi) is 4.58. The van der Waals surface area contributed by atoms with E-state index in [9.17, 15) is 22.8 Å². The number of carbonyl (C=O) groups is 2. The molecule has 22 heavy (non-hydrogen) atoms. The molecule has 2 N–H and O–H groups in total. The highest BCUT2D eigenvalue weighted by atomic mass is 19.1. The van der Waals surface area contributed by atoms with E-state index in [0.29, 0.717) is 18.6 Å². The van der Waals surface area contributed by atoms with Crippen LogP contribution in [0.2, 0.25) is 0 Å². The van der Waals surface area contributed by atoms with Crippen LogP contribution in [0.3, 0.4) is 0 Å². The lowest BCUT2D eigenvalue weighted by atomic mass is 9.91. The van der Waals surface area contributed by atoms with Crippen LogP contribution in [0.5, 0.6) is 0 Å². The number of piperidine rings is 1. The number of hydrogen-bond donors (Lipinski definition) is 2. The summed E-state index contributed by atoms with van der Waals surface area (Å²) < 4.78 is 39.8. The molecule has 0 spiro atoms. The van der Waals surface area contributed by atoms with Crippen molar-refractivity contribution in [2.75, 3.05) is 18.4 Å². The van der Waals surface area contributed by atoms with Crippen molar-refractivity contribution in [1.29, 1.82) is 0 Å². The lowest BCUT2D eigenvalue weighted by molar-refractivity contribution is -0.143. The Morgan fingerprint density at radius 3 is 2.36 bits per heavy atom. The highest BCUT2D eigenvalue weighted by Crippen LogP contribution is 2.24. The minimum atomic E-state index is -1.23. The number of urea groups is 1.